The number of benzene rings is 4. The van der Waals surface area contributed by atoms with Crippen LogP contribution in [0.15, 0.2) is 108 Å². The first-order valence-electron chi connectivity index (χ1n) is 13.9. The molecule has 0 spiro atoms. The van der Waals surface area contributed by atoms with Gasteiger partial charge in [0, 0.05) is 32.2 Å². The molecule has 0 unspecified atom stereocenters. The van der Waals surface area contributed by atoms with Crippen LogP contribution in [-0.2, 0) is 14.8 Å². The van der Waals surface area contributed by atoms with E-state index in [1.807, 2.05) is 36.4 Å². The van der Waals surface area contributed by atoms with E-state index < -0.39 is 28.3 Å². The van der Waals surface area contributed by atoms with Crippen LogP contribution in [0.3, 0.4) is 0 Å². The Hall–Kier alpha value is -4.41. The van der Waals surface area contributed by atoms with E-state index in [-0.39, 0.29) is 22.4 Å². The second kappa shape index (κ2) is 13.3. The number of carbonyl (C=O) groups excluding carboxylic acids is 1. The van der Waals surface area contributed by atoms with Gasteiger partial charge in [-0.2, -0.15) is 0 Å². The van der Waals surface area contributed by atoms with Gasteiger partial charge in [0.25, 0.3) is 10.0 Å². The van der Waals surface area contributed by atoms with Gasteiger partial charge in [-0.1, -0.05) is 72.8 Å². The molecule has 1 aliphatic heterocycles. The van der Waals surface area contributed by atoms with Crippen molar-refractivity contribution in [1.82, 2.24) is 9.80 Å². The summed E-state index contributed by atoms with van der Waals surface area (Å²) < 4.78 is 54.2. The topological polar surface area (TPSA) is 79.4 Å². The smallest absolute Gasteiger partial charge is 0.265 e. The summed E-state index contributed by atoms with van der Waals surface area (Å²) in [6.45, 7) is 1.41. The number of amides is 1. The lowest BCUT2D eigenvalue weighted by atomic mass is 9.96. The van der Waals surface area contributed by atoms with Gasteiger partial charge >= 0.3 is 0 Å². The number of carbonyl (C=O) groups is 1. The molecule has 0 radical (unpaired) electrons. The molecule has 0 saturated carbocycles. The fourth-order valence-electron chi connectivity index (χ4n) is 5.39. The molecule has 43 heavy (non-hydrogen) atoms. The van der Waals surface area contributed by atoms with Crippen LogP contribution < -0.4 is 13.8 Å². The molecule has 0 aromatic heterocycles. The quantitative estimate of drug-likeness (QED) is 0.255. The van der Waals surface area contributed by atoms with Gasteiger partial charge in [0.05, 0.1) is 30.8 Å². The molecule has 5 rings (SSSR count). The van der Waals surface area contributed by atoms with Crippen LogP contribution in [-0.4, -0.2) is 71.1 Å². The Labute approximate surface area is 251 Å². The Morgan fingerprint density at radius 1 is 0.791 bits per heavy atom. The van der Waals surface area contributed by atoms with Gasteiger partial charge in [-0.15, -0.1) is 0 Å². The first kappa shape index (κ1) is 30.1. The molecular weight excluding hydrogens is 569 g/mol. The van der Waals surface area contributed by atoms with Crippen molar-refractivity contribution < 1.29 is 27.1 Å². The summed E-state index contributed by atoms with van der Waals surface area (Å²) in [5.74, 6) is -0.622. The Morgan fingerprint density at radius 3 is 1.91 bits per heavy atom. The van der Waals surface area contributed by atoms with Gasteiger partial charge in [-0.05, 0) is 35.4 Å². The summed E-state index contributed by atoms with van der Waals surface area (Å²) >= 11 is 0. The van der Waals surface area contributed by atoms with E-state index in [2.05, 4.69) is 29.2 Å². The van der Waals surface area contributed by atoms with Crippen LogP contribution in [0.5, 0.6) is 11.5 Å². The summed E-state index contributed by atoms with van der Waals surface area (Å²) in [7, 11) is -1.53. The monoisotopic (exact) mass is 603 g/mol. The van der Waals surface area contributed by atoms with Crippen molar-refractivity contribution in [1.29, 1.82) is 0 Å². The van der Waals surface area contributed by atoms with Crippen molar-refractivity contribution in [3.63, 3.8) is 0 Å². The second-order valence-electron chi connectivity index (χ2n) is 10.1. The molecule has 1 aliphatic rings. The van der Waals surface area contributed by atoms with Crippen molar-refractivity contribution >= 4 is 21.6 Å². The maximum atomic E-state index is 15.0. The number of methoxy groups -OCH3 is 2. The Bertz CT molecular complexity index is 1610. The van der Waals surface area contributed by atoms with E-state index in [0.717, 1.165) is 15.4 Å². The molecule has 224 valence electrons. The van der Waals surface area contributed by atoms with Gasteiger partial charge < -0.3 is 14.4 Å². The lowest BCUT2D eigenvalue weighted by Crippen LogP contribution is -2.52. The SMILES string of the molecule is COc1ccc(S(=O)(=O)N(CC(=O)N2CCN(C(c3ccccc3)c3ccccc3)CC2)c2ccccc2F)cc1OC. The van der Waals surface area contributed by atoms with E-state index in [0.29, 0.717) is 31.9 Å². The lowest BCUT2D eigenvalue weighted by Gasteiger charge is -2.40. The molecule has 4 aromatic rings. The van der Waals surface area contributed by atoms with E-state index in [9.17, 15) is 13.2 Å². The number of hydrogen-bond donors (Lipinski definition) is 0. The summed E-state index contributed by atoms with van der Waals surface area (Å²) in [4.78, 5) is 17.5. The van der Waals surface area contributed by atoms with E-state index in [1.54, 1.807) is 4.90 Å². The molecule has 1 amide bonds. The molecular formula is C33H34FN3O5S. The number of hydrogen-bond acceptors (Lipinski definition) is 6. The zero-order valence-electron chi connectivity index (χ0n) is 24.1. The molecule has 10 heteroatoms. The van der Waals surface area contributed by atoms with Crippen molar-refractivity contribution in [2.75, 3.05) is 51.2 Å². The lowest BCUT2D eigenvalue weighted by molar-refractivity contribution is -0.131. The third-order valence-electron chi connectivity index (χ3n) is 7.61. The first-order chi connectivity index (χ1) is 20.8. The summed E-state index contributed by atoms with van der Waals surface area (Å²) in [5, 5.41) is 0. The van der Waals surface area contributed by atoms with Crippen molar-refractivity contribution in [2.24, 2.45) is 0 Å². The average Bonchev–Trinajstić information content (AvgIpc) is 3.05. The van der Waals surface area contributed by atoms with Crippen molar-refractivity contribution in [2.45, 2.75) is 10.9 Å². The number of ether oxygens (including phenoxy) is 2. The highest BCUT2D eigenvalue weighted by Crippen LogP contribution is 2.33. The Morgan fingerprint density at radius 2 is 1.35 bits per heavy atom. The molecule has 0 N–H and O–H groups in total. The highest BCUT2D eigenvalue weighted by Gasteiger charge is 2.33. The second-order valence-corrected chi connectivity index (χ2v) is 12.0. The van der Waals surface area contributed by atoms with E-state index >= 15 is 4.39 Å². The summed E-state index contributed by atoms with van der Waals surface area (Å²) in [5.41, 5.74) is 2.10. The fraction of sp³-hybridized carbons (Fsp3) is 0.242. The molecule has 4 aromatic carbocycles. The molecule has 0 bridgehead atoms. The Kier molecular flexibility index (Phi) is 9.27. The largest absolute Gasteiger partial charge is 0.493 e. The van der Waals surface area contributed by atoms with Gasteiger partial charge in [0.1, 0.15) is 12.4 Å². The van der Waals surface area contributed by atoms with Crippen LogP contribution in [0.1, 0.15) is 17.2 Å². The summed E-state index contributed by atoms with van der Waals surface area (Å²) in [6.07, 6.45) is 0. The number of rotatable bonds is 10. The maximum Gasteiger partial charge on any atom is 0.265 e. The maximum absolute atomic E-state index is 15.0. The zero-order valence-corrected chi connectivity index (χ0v) is 24.9. The number of sulfonamides is 1. The molecule has 1 saturated heterocycles. The number of halogens is 1. The standard InChI is InChI=1S/C33H34FN3O5S/c1-41-30-18-17-27(23-31(30)42-2)43(39,40)37(29-16-10-9-15-28(29)34)24-32(38)35-19-21-36(22-20-35)33(25-11-5-3-6-12-25)26-13-7-4-8-14-26/h3-18,23,33H,19-22,24H2,1-2H3. The third-order valence-corrected chi connectivity index (χ3v) is 9.36. The van der Waals surface area contributed by atoms with Crippen LogP contribution in [0, 0.1) is 5.82 Å². The highest BCUT2D eigenvalue weighted by atomic mass is 32.2. The first-order valence-corrected chi connectivity index (χ1v) is 15.4. The minimum absolute atomic E-state index is 0.0139. The normalized spacial score (nSPS) is 14.0. The number of para-hydroxylation sites is 1. The van der Waals surface area contributed by atoms with Crippen LogP contribution in [0.4, 0.5) is 10.1 Å². The fourth-order valence-corrected chi connectivity index (χ4v) is 6.83. The third kappa shape index (κ3) is 6.50. The van der Waals surface area contributed by atoms with Crippen LogP contribution in [0.2, 0.25) is 0 Å². The Balaban J connectivity index is 1.38. The summed E-state index contributed by atoms with van der Waals surface area (Å²) in [6, 6.07) is 30.1. The molecule has 0 aliphatic carbocycles. The van der Waals surface area contributed by atoms with Crippen molar-refractivity contribution in [3.8, 4) is 11.5 Å². The highest BCUT2D eigenvalue weighted by molar-refractivity contribution is 7.92. The van der Waals surface area contributed by atoms with Gasteiger partial charge in [0.15, 0.2) is 11.5 Å². The molecule has 1 heterocycles. The number of nitrogens with zero attached hydrogens (tertiary/aromatic N) is 3. The minimum Gasteiger partial charge on any atom is -0.493 e. The van der Waals surface area contributed by atoms with Gasteiger partial charge in [-0.25, -0.2) is 12.8 Å². The number of anilines is 1. The average molecular weight is 604 g/mol. The number of piperazine rings is 1. The zero-order chi connectivity index (χ0) is 30.4. The van der Waals surface area contributed by atoms with Gasteiger partial charge in [-0.3, -0.25) is 14.0 Å². The predicted molar refractivity (Wildman–Crippen MR) is 163 cm³/mol. The van der Waals surface area contributed by atoms with Crippen LogP contribution in [0.25, 0.3) is 0 Å². The minimum atomic E-state index is -4.36. The predicted octanol–water partition coefficient (Wildman–Crippen LogP) is 4.97. The molecule has 0 atom stereocenters. The van der Waals surface area contributed by atoms with E-state index in [1.165, 1.54) is 56.7 Å². The molecule has 8 nitrogen and oxygen atoms in total. The van der Waals surface area contributed by atoms with Gasteiger partial charge in [0.2, 0.25) is 5.91 Å². The van der Waals surface area contributed by atoms with Crippen molar-refractivity contribution in [3.05, 3.63) is 120 Å². The van der Waals surface area contributed by atoms with E-state index in [4.69, 9.17) is 9.47 Å². The van der Waals surface area contributed by atoms with Crippen LogP contribution >= 0.6 is 0 Å². The molecule has 1 fully saturated rings.